The van der Waals surface area contributed by atoms with E-state index in [2.05, 4.69) is 5.32 Å². The van der Waals surface area contributed by atoms with Gasteiger partial charge in [-0.15, -0.1) is 0 Å². The highest BCUT2D eigenvalue weighted by molar-refractivity contribution is 5.86. The number of amides is 2. The molecule has 6 nitrogen and oxygen atoms in total. The minimum atomic E-state index is -0.692. The largest absolute Gasteiger partial charge is 0.445 e. The molecule has 27 heavy (non-hydrogen) atoms. The summed E-state index contributed by atoms with van der Waals surface area (Å²) in [5.41, 5.74) is 0.890. The third-order valence-corrected chi connectivity index (χ3v) is 5.47. The lowest BCUT2D eigenvalue weighted by Gasteiger charge is -2.26. The third kappa shape index (κ3) is 5.70. The quantitative estimate of drug-likeness (QED) is 0.849. The molecule has 1 heterocycles. The summed E-state index contributed by atoms with van der Waals surface area (Å²) in [6.45, 7) is 0.291. The second-order valence-corrected chi connectivity index (χ2v) is 7.65. The van der Waals surface area contributed by atoms with E-state index < -0.39 is 18.2 Å². The molecule has 2 amide bonds. The number of likely N-dealkylation sites (tertiary alicyclic amines) is 1. The van der Waals surface area contributed by atoms with Crippen molar-refractivity contribution in [3.8, 4) is 0 Å². The lowest BCUT2D eigenvalue weighted by Crippen LogP contribution is -2.49. The topological polar surface area (TPSA) is 78.9 Å². The fourth-order valence-corrected chi connectivity index (χ4v) is 3.96. The van der Waals surface area contributed by atoms with Crippen LogP contribution in [0.2, 0.25) is 0 Å². The van der Waals surface area contributed by atoms with Crippen molar-refractivity contribution < 1.29 is 19.4 Å². The molecule has 1 aliphatic heterocycles. The van der Waals surface area contributed by atoms with E-state index in [0.29, 0.717) is 0 Å². The second-order valence-electron chi connectivity index (χ2n) is 7.65. The molecule has 0 spiro atoms. The number of aliphatic hydroxyl groups is 1. The normalized spacial score (nSPS) is 24.1. The first-order valence-electron chi connectivity index (χ1n) is 10.1. The molecule has 1 saturated heterocycles. The van der Waals surface area contributed by atoms with Gasteiger partial charge in [-0.05, 0) is 18.4 Å². The van der Waals surface area contributed by atoms with Crippen LogP contribution < -0.4 is 5.32 Å². The van der Waals surface area contributed by atoms with Crippen LogP contribution in [0.3, 0.4) is 0 Å². The minimum Gasteiger partial charge on any atom is -0.445 e. The van der Waals surface area contributed by atoms with Crippen molar-refractivity contribution in [1.29, 1.82) is 0 Å². The van der Waals surface area contributed by atoms with E-state index in [9.17, 15) is 14.7 Å². The average molecular weight is 374 g/mol. The number of carbonyl (C=O) groups is 2. The summed E-state index contributed by atoms with van der Waals surface area (Å²) >= 11 is 0. The van der Waals surface area contributed by atoms with Gasteiger partial charge in [0.25, 0.3) is 0 Å². The van der Waals surface area contributed by atoms with Gasteiger partial charge in [0.05, 0.1) is 12.6 Å². The molecule has 1 aliphatic carbocycles. The maximum atomic E-state index is 12.8. The zero-order valence-electron chi connectivity index (χ0n) is 15.8. The Morgan fingerprint density at radius 2 is 1.74 bits per heavy atom. The van der Waals surface area contributed by atoms with Gasteiger partial charge < -0.3 is 15.2 Å². The van der Waals surface area contributed by atoms with Crippen LogP contribution in [-0.2, 0) is 16.1 Å². The Hall–Kier alpha value is -2.08. The maximum absolute atomic E-state index is 12.8. The molecule has 148 valence electrons. The molecular weight excluding hydrogens is 344 g/mol. The van der Waals surface area contributed by atoms with E-state index >= 15 is 0 Å². The second kappa shape index (κ2) is 9.74. The molecule has 3 rings (SSSR count). The van der Waals surface area contributed by atoms with Crippen molar-refractivity contribution in [3.63, 3.8) is 0 Å². The molecule has 2 N–H and O–H groups in total. The number of benzene rings is 1. The Morgan fingerprint density at radius 1 is 1.07 bits per heavy atom. The third-order valence-electron chi connectivity index (χ3n) is 5.47. The Morgan fingerprint density at radius 3 is 2.44 bits per heavy atom. The van der Waals surface area contributed by atoms with Gasteiger partial charge in [0.15, 0.2) is 0 Å². The van der Waals surface area contributed by atoms with E-state index in [1.807, 2.05) is 30.3 Å². The van der Waals surface area contributed by atoms with Gasteiger partial charge in [0.1, 0.15) is 12.6 Å². The van der Waals surface area contributed by atoms with Crippen molar-refractivity contribution in [2.24, 2.45) is 0 Å². The molecule has 0 bridgehead atoms. The molecule has 2 atom stereocenters. The minimum absolute atomic E-state index is 0.135. The first-order valence-corrected chi connectivity index (χ1v) is 10.1. The molecule has 1 saturated carbocycles. The van der Waals surface area contributed by atoms with Gasteiger partial charge in [-0.1, -0.05) is 62.4 Å². The summed E-state index contributed by atoms with van der Waals surface area (Å²) < 4.78 is 5.36. The molecule has 0 unspecified atom stereocenters. The molecular formula is C21H30N2O4. The van der Waals surface area contributed by atoms with Crippen LogP contribution in [0, 0.1) is 0 Å². The van der Waals surface area contributed by atoms with Gasteiger partial charge in [-0.3, -0.25) is 9.69 Å². The standard InChI is InChI=1S/C21H30N2O4/c24-18-13-19(20(25)22-17-11-7-2-1-3-8-12-17)23(14-18)21(26)27-15-16-9-5-4-6-10-16/h4-6,9-10,17-19,24H,1-3,7-8,11-15H2,(H,22,25)/t18-,19-/m0/s1. The summed E-state index contributed by atoms with van der Waals surface area (Å²) in [5, 5.41) is 13.1. The zero-order valence-corrected chi connectivity index (χ0v) is 15.8. The van der Waals surface area contributed by atoms with Crippen molar-refractivity contribution in [2.45, 2.75) is 76.2 Å². The number of hydrogen-bond acceptors (Lipinski definition) is 4. The Labute approximate surface area is 160 Å². The lowest BCUT2D eigenvalue weighted by atomic mass is 9.96. The smallest absolute Gasteiger partial charge is 0.410 e. The van der Waals surface area contributed by atoms with Gasteiger partial charge in [0.2, 0.25) is 5.91 Å². The lowest BCUT2D eigenvalue weighted by molar-refractivity contribution is -0.126. The summed E-state index contributed by atoms with van der Waals surface area (Å²) in [4.78, 5) is 26.6. The number of carbonyl (C=O) groups excluding carboxylic acids is 2. The van der Waals surface area contributed by atoms with Crippen molar-refractivity contribution >= 4 is 12.0 Å². The SMILES string of the molecule is O=C(NC1CCCCCCC1)[C@@H]1C[C@H](O)CN1C(=O)OCc1ccccc1. The molecule has 6 heteroatoms. The highest BCUT2D eigenvalue weighted by Gasteiger charge is 2.40. The maximum Gasteiger partial charge on any atom is 0.410 e. The molecule has 1 aromatic carbocycles. The molecule has 2 aliphatic rings. The predicted octanol–water partition coefficient (Wildman–Crippen LogP) is 2.99. The van der Waals surface area contributed by atoms with Gasteiger partial charge in [-0.25, -0.2) is 4.79 Å². The summed E-state index contributed by atoms with van der Waals surface area (Å²) in [6, 6.07) is 8.93. The first-order chi connectivity index (χ1) is 13.1. The Balaban J connectivity index is 1.55. The number of nitrogens with one attached hydrogen (secondary N) is 1. The summed E-state index contributed by atoms with van der Waals surface area (Å²) in [7, 11) is 0. The number of nitrogens with zero attached hydrogens (tertiary/aromatic N) is 1. The molecule has 0 radical (unpaired) electrons. The number of ether oxygens (including phenoxy) is 1. The molecule has 1 aromatic rings. The fraction of sp³-hybridized carbons (Fsp3) is 0.619. The molecule has 2 fully saturated rings. The first kappa shape index (κ1) is 19.7. The van der Waals surface area contributed by atoms with E-state index in [-0.39, 0.29) is 31.5 Å². The van der Waals surface area contributed by atoms with Gasteiger partial charge >= 0.3 is 6.09 Å². The fourth-order valence-electron chi connectivity index (χ4n) is 3.96. The van der Waals surface area contributed by atoms with E-state index in [1.165, 1.54) is 24.2 Å². The molecule has 0 aromatic heterocycles. The summed E-state index contributed by atoms with van der Waals surface area (Å²) in [5.74, 6) is -0.172. The van der Waals surface area contributed by atoms with Crippen molar-refractivity contribution in [3.05, 3.63) is 35.9 Å². The van der Waals surface area contributed by atoms with Crippen LogP contribution in [0.15, 0.2) is 30.3 Å². The van der Waals surface area contributed by atoms with Crippen LogP contribution >= 0.6 is 0 Å². The van der Waals surface area contributed by atoms with Crippen molar-refractivity contribution in [2.75, 3.05) is 6.54 Å². The Bertz CT molecular complexity index is 614. The zero-order chi connectivity index (χ0) is 19.1. The highest BCUT2D eigenvalue weighted by atomic mass is 16.6. The highest BCUT2D eigenvalue weighted by Crippen LogP contribution is 2.22. The Kier molecular flexibility index (Phi) is 7.10. The van der Waals surface area contributed by atoms with Crippen LogP contribution in [-0.4, -0.2) is 46.7 Å². The van der Waals surface area contributed by atoms with Crippen LogP contribution in [0.5, 0.6) is 0 Å². The van der Waals surface area contributed by atoms with Crippen LogP contribution in [0.1, 0.15) is 56.9 Å². The van der Waals surface area contributed by atoms with E-state index in [4.69, 9.17) is 4.74 Å². The predicted molar refractivity (Wildman–Crippen MR) is 102 cm³/mol. The van der Waals surface area contributed by atoms with Gasteiger partial charge in [0, 0.05) is 12.5 Å². The average Bonchev–Trinajstić information content (AvgIpc) is 3.05. The van der Waals surface area contributed by atoms with Crippen LogP contribution in [0.4, 0.5) is 4.79 Å². The van der Waals surface area contributed by atoms with E-state index in [1.54, 1.807) is 0 Å². The number of aliphatic hydroxyl groups excluding tert-OH is 1. The van der Waals surface area contributed by atoms with Crippen molar-refractivity contribution in [1.82, 2.24) is 10.2 Å². The van der Waals surface area contributed by atoms with Crippen LogP contribution in [0.25, 0.3) is 0 Å². The number of rotatable bonds is 4. The van der Waals surface area contributed by atoms with E-state index in [0.717, 1.165) is 31.2 Å². The number of β-amino-alcohol motifs (C(OH)–C–C–N with tert-alkyl or cyclic N) is 1. The number of hydrogen-bond donors (Lipinski definition) is 2. The van der Waals surface area contributed by atoms with Gasteiger partial charge in [-0.2, -0.15) is 0 Å². The summed E-state index contributed by atoms with van der Waals surface area (Å²) in [6.07, 6.45) is 6.95. The monoisotopic (exact) mass is 374 g/mol.